The zero-order valence-corrected chi connectivity index (χ0v) is 9.89. The van der Waals surface area contributed by atoms with Crippen molar-refractivity contribution in [1.82, 2.24) is 5.32 Å². The maximum Gasteiger partial charge on any atom is 0.321 e. The number of halogens is 1. The first kappa shape index (κ1) is 11.0. The van der Waals surface area contributed by atoms with Crippen molar-refractivity contribution in [2.24, 2.45) is 0 Å². The average Bonchev–Trinajstić information content (AvgIpc) is 2.86. The molecule has 0 aromatic heterocycles. The van der Waals surface area contributed by atoms with Gasteiger partial charge in [0.15, 0.2) is 0 Å². The van der Waals surface area contributed by atoms with Crippen molar-refractivity contribution in [1.29, 1.82) is 0 Å². The first-order chi connectivity index (χ1) is 8.11. The molecule has 2 aliphatic rings. The number of carbonyl (C=O) groups is 1. The molecule has 1 aliphatic carbocycles. The van der Waals surface area contributed by atoms with Gasteiger partial charge in [-0.3, -0.25) is 10.1 Å². The van der Waals surface area contributed by atoms with Gasteiger partial charge in [-0.2, -0.15) is 0 Å². The van der Waals surface area contributed by atoms with Gasteiger partial charge in [0.2, 0.25) is 0 Å². The third-order valence-electron chi connectivity index (χ3n) is 3.45. The maximum atomic E-state index is 13.1. The molecule has 90 valence electrons. The van der Waals surface area contributed by atoms with Gasteiger partial charge in [0, 0.05) is 5.75 Å². The zero-order valence-electron chi connectivity index (χ0n) is 9.07. The highest BCUT2D eigenvalue weighted by atomic mass is 32.2. The molecule has 1 aliphatic heterocycles. The SMILES string of the molecule is O=C(O)[C@@H]1CSC2(CCc3cc(F)ccc32)N1. The van der Waals surface area contributed by atoms with E-state index >= 15 is 0 Å². The second kappa shape index (κ2) is 3.71. The van der Waals surface area contributed by atoms with Crippen LogP contribution < -0.4 is 5.32 Å². The lowest BCUT2D eigenvalue weighted by Crippen LogP contribution is -2.42. The molecule has 1 spiro atoms. The second-order valence-electron chi connectivity index (χ2n) is 4.47. The normalized spacial score (nSPS) is 30.8. The van der Waals surface area contributed by atoms with Crippen LogP contribution in [0.25, 0.3) is 0 Å². The summed E-state index contributed by atoms with van der Waals surface area (Å²) in [6, 6.07) is 4.28. The van der Waals surface area contributed by atoms with Crippen molar-refractivity contribution in [3.05, 3.63) is 35.1 Å². The number of hydrogen-bond acceptors (Lipinski definition) is 3. The summed E-state index contributed by atoms with van der Waals surface area (Å²) in [6.07, 6.45) is 1.64. The molecular formula is C12H12FNO2S. The molecule has 1 unspecified atom stereocenters. The molecule has 1 saturated heterocycles. The van der Waals surface area contributed by atoms with Crippen LogP contribution in [0.15, 0.2) is 18.2 Å². The van der Waals surface area contributed by atoms with Crippen LogP contribution in [0.2, 0.25) is 0 Å². The van der Waals surface area contributed by atoms with Gasteiger partial charge in [0.25, 0.3) is 0 Å². The molecule has 17 heavy (non-hydrogen) atoms. The lowest BCUT2D eigenvalue weighted by atomic mass is 10.1. The fourth-order valence-corrected chi connectivity index (χ4v) is 4.14. The number of aryl methyl sites for hydroxylation is 1. The molecule has 0 saturated carbocycles. The van der Waals surface area contributed by atoms with Gasteiger partial charge in [0.05, 0.1) is 4.87 Å². The monoisotopic (exact) mass is 253 g/mol. The van der Waals surface area contributed by atoms with Crippen LogP contribution in [0.5, 0.6) is 0 Å². The van der Waals surface area contributed by atoms with Crippen molar-refractivity contribution in [2.45, 2.75) is 23.8 Å². The van der Waals surface area contributed by atoms with Crippen LogP contribution in [0.3, 0.4) is 0 Å². The summed E-state index contributed by atoms with van der Waals surface area (Å²) in [5.41, 5.74) is 2.05. The Morgan fingerprint density at radius 1 is 1.59 bits per heavy atom. The summed E-state index contributed by atoms with van der Waals surface area (Å²) >= 11 is 1.62. The zero-order chi connectivity index (χ0) is 12.0. The van der Waals surface area contributed by atoms with E-state index in [0.717, 1.165) is 24.0 Å². The van der Waals surface area contributed by atoms with E-state index in [1.54, 1.807) is 23.9 Å². The highest BCUT2D eigenvalue weighted by Crippen LogP contribution is 2.49. The summed E-state index contributed by atoms with van der Waals surface area (Å²) in [6.45, 7) is 0. The number of aliphatic carboxylic acids is 1. The van der Waals surface area contributed by atoms with Crippen molar-refractivity contribution < 1.29 is 14.3 Å². The Kier molecular flexibility index (Phi) is 2.41. The molecule has 0 bridgehead atoms. The Bertz CT molecular complexity index is 493. The number of benzene rings is 1. The van der Waals surface area contributed by atoms with E-state index in [9.17, 15) is 9.18 Å². The number of carboxylic acid groups (broad SMARTS) is 1. The van der Waals surface area contributed by atoms with E-state index in [2.05, 4.69) is 5.32 Å². The first-order valence-corrected chi connectivity index (χ1v) is 6.53. The van der Waals surface area contributed by atoms with Gasteiger partial charge in [-0.05, 0) is 36.1 Å². The maximum absolute atomic E-state index is 13.1. The van der Waals surface area contributed by atoms with Crippen molar-refractivity contribution in [3.8, 4) is 0 Å². The fourth-order valence-electron chi connectivity index (χ4n) is 2.63. The summed E-state index contributed by atoms with van der Waals surface area (Å²) in [4.78, 5) is 10.7. The minimum atomic E-state index is -0.815. The molecule has 1 fully saturated rings. The minimum Gasteiger partial charge on any atom is -0.480 e. The number of nitrogens with one attached hydrogen (secondary N) is 1. The van der Waals surface area contributed by atoms with Crippen LogP contribution in [-0.4, -0.2) is 22.9 Å². The smallest absolute Gasteiger partial charge is 0.321 e. The van der Waals surface area contributed by atoms with Crippen LogP contribution in [0.1, 0.15) is 17.5 Å². The Morgan fingerprint density at radius 2 is 2.41 bits per heavy atom. The molecular weight excluding hydrogens is 241 g/mol. The number of carboxylic acids is 1. The molecule has 5 heteroatoms. The molecule has 0 amide bonds. The van der Waals surface area contributed by atoms with Gasteiger partial charge < -0.3 is 5.11 Å². The van der Waals surface area contributed by atoms with E-state index in [4.69, 9.17) is 5.11 Å². The van der Waals surface area contributed by atoms with Gasteiger partial charge in [-0.1, -0.05) is 6.07 Å². The fraction of sp³-hybridized carbons (Fsp3) is 0.417. The third-order valence-corrected chi connectivity index (χ3v) is 4.99. The van der Waals surface area contributed by atoms with Crippen LogP contribution in [-0.2, 0) is 16.1 Å². The first-order valence-electron chi connectivity index (χ1n) is 5.54. The Balaban J connectivity index is 1.96. The Labute approximate surface area is 102 Å². The van der Waals surface area contributed by atoms with Gasteiger partial charge in [-0.25, -0.2) is 4.39 Å². The largest absolute Gasteiger partial charge is 0.480 e. The van der Waals surface area contributed by atoms with Gasteiger partial charge in [0.1, 0.15) is 11.9 Å². The van der Waals surface area contributed by atoms with E-state index < -0.39 is 12.0 Å². The number of fused-ring (bicyclic) bond motifs is 2. The molecule has 3 nitrogen and oxygen atoms in total. The molecule has 1 aromatic rings. The van der Waals surface area contributed by atoms with Crippen molar-refractivity contribution >= 4 is 17.7 Å². The molecule has 1 aromatic carbocycles. The average molecular weight is 253 g/mol. The number of thioether (sulfide) groups is 1. The highest BCUT2D eigenvalue weighted by Gasteiger charge is 2.47. The Hall–Kier alpha value is -1.07. The van der Waals surface area contributed by atoms with Crippen molar-refractivity contribution in [2.75, 3.05) is 5.75 Å². The molecule has 2 atom stereocenters. The Morgan fingerprint density at radius 3 is 3.12 bits per heavy atom. The summed E-state index contributed by atoms with van der Waals surface area (Å²) in [5.74, 6) is -0.477. The van der Waals surface area contributed by atoms with Crippen molar-refractivity contribution in [3.63, 3.8) is 0 Å². The predicted octanol–water partition coefficient (Wildman–Crippen LogP) is 1.71. The van der Waals surface area contributed by atoms with E-state index in [1.807, 2.05) is 0 Å². The van der Waals surface area contributed by atoms with Gasteiger partial charge >= 0.3 is 5.97 Å². The predicted molar refractivity (Wildman–Crippen MR) is 63.4 cm³/mol. The van der Waals surface area contributed by atoms with Crippen LogP contribution >= 0.6 is 11.8 Å². The van der Waals surface area contributed by atoms with E-state index in [0.29, 0.717) is 5.75 Å². The van der Waals surface area contributed by atoms with E-state index in [1.165, 1.54) is 6.07 Å². The molecule has 2 N–H and O–H groups in total. The minimum absolute atomic E-state index is 0.224. The van der Waals surface area contributed by atoms with Crippen LogP contribution in [0, 0.1) is 5.82 Å². The van der Waals surface area contributed by atoms with Crippen LogP contribution in [0.4, 0.5) is 4.39 Å². The van der Waals surface area contributed by atoms with Gasteiger partial charge in [-0.15, -0.1) is 11.8 Å². The summed E-state index contributed by atoms with van der Waals surface area (Å²) < 4.78 is 13.1. The standard InChI is InChI=1S/C12H12FNO2S/c13-8-1-2-9-7(5-8)3-4-12(9)14-10(6-17-12)11(15)16/h1-2,5,10,14H,3-4,6H2,(H,15,16)/t10-,12?/m0/s1. The quantitative estimate of drug-likeness (QED) is 0.800. The highest BCUT2D eigenvalue weighted by molar-refractivity contribution is 8.00. The molecule has 1 heterocycles. The summed E-state index contributed by atoms with van der Waals surface area (Å²) in [5, 5.41) is 12.2. The third kappa shape index (κ3) is 1.65. The topological polar surface area (TPSA) is 49.3 Å². The number of hydrogen-bond donors (Lipinski definition) is 2. The summed E-state index contributed by atoms with van der Waals surface area (Å²) in [7, 11) is 0. The van der Waals surface area contributed by atoms with E-state index in [-0.39, 0.29) is 10.7 Å². The number of rotatable bonds is 1. The lowest BCUT2D eigenvalue weighted by Gasteiger charge is -2.24. The molecule has 0 radical (unpaired) electrons. The second-order valence-corrected chi connectivity index (χ2v) is 5.79. The molecule has 3 rings (SSSR count). The lowest BCUT2D eigenvalue weighted by molar-refractivity contribution is -0.138.